The molecule has 0 radical (unpaired) electrons. The maximum atomic E-state index is 11.3. The first-order chi connectivity index (χ1) is 5.87. The number of ketones is 1. The summed E-state index contributed by atoms with van der Waals surface area (Å²) < 4.78 is 0. The van der Waals surface area contributed by atoms with Crippen molar-refractivity contribution in [1.29, 1.82) is 0 Å². The fourth-order valence-corrected chi connectivity index (χ4v) is 1.86. The second-order valence-corrected chi connectivity index (χ2v) is 4.09. The molecule has 1 unspecified atom stereocenters. The summed E-state index contributed by atoms with van der Waals surface area (Å²) in [5.74, 6) is -2.39. The Kier molecular flexibility index (Phi) is 2.28. The standard InChI is InChI=1S/C10H14O3/c1-6-4-5-7(10(6,2)3)8(11)9(12)13/h7H,1,4-5H2,2-3H3,(H,12,13). The Bertz CT molecular complexity index is 276. The summed E-state index contributed by atoms with van der Waals surface area (Å²) in [5.41, 5.74) is 0.627. The van der Waals surface area contributed by atoms with Crippen molar-refractivity contribution in [2.45, 2.75) is 26.7 Å². The van der Waals surface area contributed by atoms with Crippen LogP contribution in [0.25, 0.3) is 0 Å². The molecule has 1 fully saturated rings. The van der Waals surface area contributed by atoms with Gasteiger partial charge in [0.05, 0.1) is 0 Å². The number of carbonyl (C=O) groups is 2. The van der Waals surface area contributed by atoms with Crippen molar-refractivity contribution in [3.05, 3.63) is 12.2 Å². The molecular formula is C10H14O3. The van der Waals surface area contributed by atoms with Crippen molar-refractivity contribution in [3.63, 3.8) is 0 Å². The first-order valence-corrected chi connectivity index (χ1v) is 4.32. The Morgan fingerprint density at radius 2 is 2.08 bits per heavy atom. The monoisotopic (exact) mass is 182 g/mol. The van der Waals surface area contributed by atoms with Gasteiger partial charge < -0.3 is 5.11 Å². The molecule has 13 heavy (non-hydrogen) atoms. The van der Waals surface area contributed by atoms with Crippen LogP contribution in [0.15, 0.2) is 12.2 Å². The van der Waals surface area contributed by atoms with Gasteiger partial charge in [-0.05, 0) is 18.3 Å². The molecule has 0 spiro atoms. The first kappa shape index (κ1) is 9.96. The Morgan fingerprint density at radius 3 is 2.38 bits per heavy atom. The van der Waals surface area contributed by atoms with E-state index in [0.717, 1.165) is 12.0 Å². The third-order valence-electron chi connectivity index (χ3n) is 3.04. The maximum absolute atomic E-state index is 11.3. The summed E-state index contributed by atoms with van der Waals surface area (Å²) in [6.45, 7) is 7.62. The second kappa shape index (κ2) is 2.98. The highest BCUT2D eigenvalue weighted by Gasteiger charge is 2.44. The zero-order chi connectivity index (χ0) is 10.2. The lowest BCUT2D eigenvalue weighted by Gasteiger charge is -2.25. The minimum Gasteiger partial charge on any atom is -0.475 e. The maximum Gasteiger partial charge on any atom is 0.372 e. The predicted molar refractivity (Wildman–Crippen MR) is 48.3 cm³/mol. The number of rotatable bonds is 2. The first-order valence-electron chi connectivity index (χ1n) is 4.32. The highest BCUT2D eigenvalue weighted by molar-refractivity contribution is 6.33. The van der Waals surface area contributed by atoms with E-state index in [1.807, 2.05) is 13.8 Å². The molecule has 0 bridgehead atoms. The fraction of sp³-hybridized carbons (Fsp3) is 0.600. The van der Waals surface area contributed by atoms with Gasteiger partial charge in [-0.15, -0.1) is 0 Å². The zero-order valence-electron chi connectivity index (χ0n) is 7.96. The molecule has 0 heterocycles. The normalized spacial score (nSPS) is 26.0. The van der Waals surface area contributed by atoms with Crippen LogP contribution in [-0.2, 0) is 9.59 Å². The number of hydrogen-bond acceptors (Lipinski definition) is 2. The summed E-state index contributed by atoms with van der Waals surface area (Å²) in [7, 11) is 0. The van der Waals surface area contributed by atoms with Crippen LogP contribution in [0, 0.1) is 11.3 Å². The molecule has 0 saturated heterocycles. The highest BCUT2D eigenvalue weighted by atomic mass is 16.4. The summed E-state index contributed by atoms with van der Waals surface area (Å²) in [5, 5.41) is 8.58. The van der Waals surface area contributed by atoms with Crippen molar-refractivity contribution in [2.24, 2.45) is 11.3 Å². The summed E-state index contributed by atoms with van der Waals surface area (Å²) in [4.78, 5) is 21.8. The Hall–Kier alpha value is -1.12. The number of aliphatic carboxylic acids is 1. The van der Waals surface area contributed by atoms with E-state index in [9.17, 15) is 9.59 Å². The Morgan fingerprint density at radius 1 is 1.54 bits per heavy atom. The topological polar surface area (TPSA) is 54.4 Å². The summed E-state index contributed by atoms with van der Waals surface area (Å²) in [6, 6.07) is 0. The number of carbonyl (C=O) groups excluding carboxylic acids is 1. The largest absolute Gasteiger partial charge is 0.475 e. The van der Waals surface area contributed by atoms with Crippen molar-refractivity contribution in [3.8, 4) is 0 Å². The van der Waals surface area contributed by atoms with Crippen molar-refractivity contribution >= 4 is 11.8 Å². The molecular weight excluding hydrogens is 168 g/mol. The lowest BCUT2D eigenvalue weighted by molar-refractivity contribution is -0.152. The number of carboxylic acids is 1. The average molecular weight is 182 g/mol. The molecule has 1 aliphatic rings. The minimum atomic E-state index is -1.33. The van der Waals surface area contributed by atoms with Gasteiger partial charge in [0.2, 0.25) is 5.78 Å². The molecule has 0 aromatic heterocycles. The Balaban J connectivity index is 2.90. The average Bonchev–Trinajstić information content (AvgIpc) is 2.26. The van der Waals surface area contributed by atoms with E-state index in [1.165, 1.54) is 0 Å². The van der Waals surface area contributed by atoms with Crippen LogP contribution in [0.5, 0.6) is 0 Å². The van der Waals surface area contributed by atoms with Gasteiger partial charge in [0.25, 0.3) is 0 Å². The van der Waals surface area contributed by atoms with Crippen LogP contribution in [-0.4, -0.2) is 16.9 Å². The van der Waals surface area contributed by atoms with Gasteiger partial charge >= 0.3 is 5.97 Å². The highest BCUT2D eigenvalue weighted by Crippen LogP contribution is 2.46. The van der Waals surface area contributed by atoms with Crippen molar-refractivity contribution < 1.29 is 14.7 Å². The molecule has 3 nitrogen and oxygen atoms in total. The van der Waals surface area contributed by atoms with E-state index >= 15 is 0 Å². The number of allylic oxidation sites excluding steroid dienone is 1. The van der Waals surface area contributed by atoms with Crippen LogP contribution < -0.4 is 0 Å². The summed E-state index contributed by atoms with van der Waals surface area (Å²) >= 11 is 0. The molecule has 3 heteroatoms. The molecule has 1 rings (SSSR count). The van der Waals surface area contributed by atoms with Gasteiger partial charge in [-0.2, -0.15) is 0 Å². The second-order valence-electron chi connectivity index (χ2n) is 4.09. The van der Waals surface area contributed by atoms with E-state index in [0.29, 0.717) is 6.42 Å². The van der Waals surface area contributed by atoms with Crippen LogP contribution in [0.2, 0.25) is 0 Å². The number of carboxylic acid groups (broad SMARTS) is 1. The third-order valence-corrected chi connectivity index (χ3v) is 3.04. The molecule has 72 valence electrons. The molecule has 0 amide bonds. The molecule has 0 aliphatic heterocycles. The van der Waals surface area contributed by atoms with Crippen LogP contribution in [0.3, 0.4) is 0 Å². The minimum absolute atomic E-state index is 0.352. The third kappa shape index (κ3) is 1.50. The van der Waals surface area contributed by atoms with E-state index in [4.69, 9.17) is 5.11 Å². The van der Waals surface area contributed by atoms with E-state index in [-0.39, 0.29) is 5.41 Å². The van der Waals surface area contributed by atoms with Gasteiger partial charge in [0, 0.05) is 5.92 Å². The quantitative estimate of drug-likeness (QED) is 0.521. The molecule has 1 atom stereocenters. The molecule has 1 aliphatic carbocycles. The SMILES string of the molecule is C=C1CCC(C(=O)C(=O)O)C1(C)C. The number of Topliss-reactive ketones (excluding diaryl/α,β-unsaturated/α-hetero) is 1. The van der Waals surface area contributed by atoms with Crippen LogP contribution in [0.4, 0.5) is 0 Å². The molecule has 1 N–H and O–H groups in total. The lowest BCUT2D eigenvalue weighted by Crippen LogP contribution is -2.31. The van der Waals surface area contributed by atoms with Gasteiger partial charge in [-0.25, -0.2) is 4.79 Å². The van der Waals surface area contributed by atoms with Crippen LogP contribution in [0.1, 0.15) is 26.7 Å². The van der Waals surface area contributed by atoms with Crippen molar-refractivity contribution in [1.82, 2.24) is 0 Å². The lowest BCUT2D eigenvalue weighted by atomic mass is 9.77. The smallest absolute Gasteiger partial charge is 0.372 e. The van der Waals surface area contributed by atoms with Crippen LogP contribution >= 0.6 is 0 Å². The van der Waals surface area contributed by atoms with E-state index in [2.05, 4.69) is 6.58 Å². The van der Waals surface area contributed by atoms with E-state index in [1.54, 1.807) is 0 Å². The van der Waals surface area contributed by atoms with Gasteiger partial charge in [0.1, 0.15) is 0 Å². The molecule has 0 aromatic carbocycles. The summed E-state index contributed by atoms with van der Waals surface area (Å²) in [6.07, 6.45) is 1.38. The molecule has 1 saturated carbocycles. The van der Waals surface area contributed by atoms with E-state index < -0.39 is 17.7 Å². The zero-order valence-corrected chi connectivity index (χ0v) is 7.96. The molecule has 0 aromatic rings. The predicted octanol–water partition coefficient (Wildman–Crippen LogP) is 1.63. The Labute approximate surface area is 77.4 Å². The van der Waals surface area contributed by atoms with Gasteiger partial charge in [-0.1, -0.05) is 26.0 Å². The van der Waals surface area contributed by atoms with Gasteiger partial charge in [0.15, 0.2) is 0 Å². The fourth-order valence-electron chi connectivity index (χ4n) is 1.86. The number of hydrogen-bond donors (Lipinski definition) is 1. The van der Waals surface area contributed by atoms with Crippen molar-refractivity contribution in [2.75, 3.05) is 0 Å². The van der Waals surface area contributed by atoms with Gasteiger partial charge in [-0.3, -0.25) is 4.79 Å².